The van der Waals surface area contributed by atoms with E-state index in [4.69, 9.17) is 4.74 Å². The maximum absolute atomic E-state index is 13.8. The van der Waals surface area contributed by atoms with Crippen molar-refractivity contribution in [2.45, 2.75) is 88.9 Å². The lowest BCUT2D eigenvalue weighted by Crippen LogP contribution is -2.55. The van der Waals surface area contributed by atoms with Crippen molar-refractivity contribution in [2.75, 3.05) is 18.4 Å². The van der Waals surface area contributed by atoms with Crippen LogP contribution in [0.5, 0.6) is 0 Å². The first-order chi connectivity index (χ1) is 23.4. The van der Waals surface area contributed by atoms with Crippen LogP contribution in [0.4, 0.5) is 15.3 Å². The van der Waals surface area contributed by atoms with Gasteiger partial charge in [0, 0.05) is 43.2 Å². The Balaban J connectivity index is 1.01. The predicted molar refractivity (Wildman–Crippen MR) is 185 cm³/mol. The Hall–Kier alpha value is -4.86. The molecule has 4 amide bonds. The van der Waals surface area contributed by atoms with Crippen LogP contribution in [0.25, 0.3) is 10.9 Å². The van der Waals surface area contributed by atoms with Gasteiger partial charge in [0.2, 0.25) is 0 Å². The van der Waals surface area contributed by atoms with Gasteiger partial charge >= 0.3 is 18.0 Å². The van der Waals surface area contributed by atoms with Crippen LogP contribution in [0.3, 0.4) is 0 Å². The molecule has 2 aliphatic heterocycles. The van der Waals surface area contributed by atoms with E-state index in [1.165, 1.54) is 5.56 Å². The third-order valence-electron chi connectivity index (χ3n) is 10.4. The molecule has 250 valence electrons. The minimum Gasteiger partial charge on any atom is -0.461 e. The molecule has 3 heterocycles. The van der Waals surface area contributed by atoms with Gasteiger partial charge in [-0.05, 0) is 85.3 Å². The maximum atomic E-state index is 13.8. The number of likely N-dealkylation sites (tertiary alicyclic amines) is 1. The number of ether oxygens (including phenoxy) is 1. The van der Waals surface area contributed by atoms with Crippen molar-refractivity contribution in [3.63, 3.8) is 0 Å². The lowest BCUT2D eigenvalue weighted by Gasteiger charge is -2.40. The summed E-state index contributed by atoms with van der Waals surface area (Å²) in [7, 11) is 0. The highest BCUT2D eigenvalue weighted by molar-refractivity contribution is 5.92. The summed E-state index contributed by atoms with van der Waals surface area (Å²) in [5.41, 5.74) is 6.34. The normalized spacial score (nSPS) is 20.6. The molecule has 1 saturated heterocycles. The molecule has 0 bridgehead atoms. The summed E-state index contributed by atoms with van der Waals surface area (Å²) in [6, 6.07) is 21.3. The molecule has 1 aromatic heterocycles. The second-order valence-corrected chi connectivity index (χ2v) is 13.4. The zero-order chi connectivity index (χ0) is 33.0. The summed E-state index contributed by atoms with van der Waals surface area (Å²) in [6.07, 6.45) is 7.62. The Kier molecular flexibility index (Phi) is 9.31. The summed E-state index contributed by atoms with van der Waals surface area (Å²) in [4.78, 5) is 44.1. The van der Waals surface area contributed by atoms with E-state index in [0.717, 1.165) is 65.4 Å². The van der Waals surface area contributed by atoms with Crippen molar-refractivity contribution in [3.05, 3.63) is 95.2 Å². The van der Waals surface area contributed by atoms with E-state index in [2.05, 4.69) is 58.1 Å². The van der Waals surface area contributed by atoms with Crippen molar-refractivity contribution in [1.82, 2.24) is 25.3 Å². The molecular weight excluding hydrogens is 604 g/mol. The highest BCUT2D eigenvalue weighted by Crippen LogP contribution is 2.34. The summed E-state index contributed by atoms with van der Waals surface area (Å²) in [6.45, 7) is 3.64. The lowest BCUT2D eigenvalue weighted by atomic mass is 9.83. The molecule has 3 N–H and O–H groups in total. The molecule has 3 aliphatic rings. The number of aryl methyl sites for hydroxylation is 1. The Morgan fingerprint density at radius 2 is 1.73 bits per heavy atom. The van der Waals surface area contributed by atoms with Crippen LogP contribution in [0.2, 0.25) is 0 Å². The van der Waals surface area contributed by atoms with Crippen LogP contribution in [-0.4, -0.2) is 69.3 Å². The third kappa shape index (κ3) is 6.88. The zero-order valence-electron chi connectivity index (χ0n) is 27.5. The quantitative estimate of drug-likeness (QED) is 0.188. The number of esters is 1. The molecule has 1 aliphatic carbocycles. The van der Waals surface area contributed by atoms with Gasteiger partial charge in [0.05, 0.1) is 11.7 Å². The first kappa shape index (κ1) is 31.7. The first-order valence-electron chi connectivity index (χ1n) is 17.4. The number of carbonyl (C=O) groups excluding carboxylic acids is 3. The van der Waals surface area contributed by atoms with E-state index >= 15 is 0 Å². The summed E-state index contributed by atoms with van der Waals surface area (Å²) in [5.74, 6) is 0.0786. The number of amides is 4. The number of benzene rings is 3. The number of urea groups is 2. The van der Waals surface area contributed by atoms with E-state index in [1.807, 2.05) is 41.3 Å². The number of rotatable bonds is 8. The standard InChI is InChI=1S/C38H44N6O4/c1-2-26-20-25(21-30-23-39-42-35(26)30)22-34(36(45)48-32-14-12-28(13-15-32)27-8-4-3-5-9-27)41-37(46)43-18-16-31(17-19-43)44-24-29-10-6-7-11-33(29)40-38(44)47/h3-11,20-21,23,28,31-32,34H,2,12-19,22,24H2,1H3,(H,39,42)(H,40,47)(H,41,46). The number of anilines is 1. The van der Waals surface area contributed by atoms with E-state index in [-0.39, 0.29) is 24.2 Å². The zero-order valence-corrected chi connectivity index (χ0v) is 27.5. The van der Waals surface area contributed by atoms with Crippen LogP contribution in [0, 0.1) is 0 Å². The van der Waals surface area contributed by atoms with Gasteiger partial charge in [-0.3, -0.25) is 5.10 Å². The van der Waals surface area contributed by atoms with Gasteiger partial charge in [-0.25, -0.2) is 14.4 Å². The third-order valence-corrected chi connectivity index (χ3v) is 10.4. The fourth-order valence-electron chi connectivity index (χ4n) is 7.65. The SMILES string of the molecule is CCc1cc(CC(NC(=O)N2CCC(N3Cc4ccccc4NC3=O)CC2)C(=O)OC2CCC(c3ccccc3)CC2)cc2cn[nH]c12. The minimum atomic E-state index is -0.833. The van der Waals surface area contributed by atoms with Gasteiger partial charge in [-0.1, -0.05) is 61.5 Å². The second-order valence-electron chi connectivity index (χ2n) is 13.4. The number of nitrogens with zero attached hydrogens (tertiary/aromatic N) is 3. The Morgan fingerprint density at radius 1 is 0.979 bits per heavy atom. The fourth-order valence-corrected chi connectivity index (χ4v) is 7.65. The molecule has 0 radical (unpaired) electrons. The van der Waals surface area contributed by atoms with Gasteiger partial charge in [0.25, 0.3) is 0 Å². The summed E-state index contributed by atoms with van der Waals surface area (Å²) >= 11 is 0. The molecular formula is C38H44N6O4. The van der Waals surface area contributed by atoms with Crippen molar-refractivity contribution in [3.8, 4) is 0 Å². The number of hydrogen-bond donors (Lipinski definition) is 3. The smallest absolute Gasteiger partial charge is 0.329 e. The largest absolute Gasteiger partial charge is 0.461 e. The molecule has 7 rings (SSSR count). The van der Waals surface area contributed by atoms with Crippen molar-refractivity contribution < 1.29 is 19.1 Å². The van der Waals surface area contributed by atoms with Crippen LogP contribution in [-0.2, 0) is 28.9 Å². The topological polar surface area (TPSA) is 120 Å². The van der Waals surface area contributed by atoms with Crippen LogP contribution in [0.1, 0.15) is 73.6 Å². The Labute approximate surface area is 281 Å². The summed E-state index contributed by atoms with van der Waals surface area (Å²) < 4.78 is 6.12. The molecule has 3 aromatic carbocycles. The molecule has 1 saturated carbocycles. The second kappa shape index (κ2) is 14.1. The fraction of sp³-hybridized carbons (Fsp3) is 0.421. The number of H-pyrrole nitrogens is 1. The number of carbonyl (C=O) groups is 3. The molecule has 0 spiro atoms. The number of fused-ring (bicyclic) bond motifs is 2. The van der Waals surface area contributed by atoms with E-state index < -0.39 is 12.0 Å². The van der Waals surface area contributed by atoms with E-state index in [1.54, 1.807) is 11.1 Å². The minimum absolute atomic E-state index is 0.0309. The molecule has 1 atom stereocenters. The average molecular weight is 649 g/mol. The van der Waals surface area contributed by atoms with Crippen LogP contribution < -0.4 is 10.6 Å². The Morgan fingerprint density at radius 3 is 2.50 bits per heavy atom. The molecule has 4 aromatic rings. The van der Waals surface area contributed by atoms with Crippen molar-refractivity contribution in [1.29, 1.82) is 0 Å². The number of hydrogen-bond acceptors (Lipinski definition) is 5. The average Bonchev–Trinajstić information content (AvgIpc) is 3.60. The first-order valence-corrected chi connectivity index (χ1v) is 17.4. The van der Waals surface area contributed by atoms with E-state index in [0.29, 0.717) is 44.8 Å². The number of aromatic amines is 1. The molecule has 2 fully saturated rings. The van der Waals surface area contributed by atoms with Crippen molar-refractivity contribution in [2.24, 2.45) is 0 Å². The van der Waals surface area contributed by atoms with E-state index in [9.17, 15) is 14.4 Å². The maximum Gasteiger partial charge on any atom is 0.329 e. The molecule has 48 heavy (non-hydrogen) atoms. The predicted octanol–water partition coefficient (Wildman–Crippen LogP) is 6.53. The highest BCUT2D eigenvalue weighted by Gasteiger charge is 2.35. The molecule has 10 nitrogen and oxygen atoms in total. The van der Waals surface area contributed by atoms with Crippen molar-refractivity contribution >= 4 is 34.6 Å². The number of nitrogens with one attached hydrogen (secondary N) is 3. The van der Waals surface area contributed by atoms with Gasteiger partial charge in [0.15, 0.2) is 0 Å². The summed E-state index contributed by atoms with van der Waals surface area (Å²) in [5, 5.41) is 14.3. The van der Waals surface area contributed by atoms with Gasteiger partial charge in [-0.15, -0.1) is 0 Å². The highest BCUT2D eigenvalue weighted by atomic mass is 16.5. The van der Waals surface area contributed by atoms with Gasteiger partial charge in [0.1, 0.15) is 12.1 Å². The Bertz CT molecular complexity index is 1760. The monoisotopic (exact) mass is 648 g/mol. The van der Waals surface area contributed by atoms with Crippen LogP contribution >= 0.6 is 0 Å². The number of piperidine rings is 1. The number of para-hydroxylation sites is 1. The van der Waals surface area contributed by atoms with Crippen LogP contribution in [0.15, 0.2) is 72.9 Å². The number of aromatic nitrogens is 2. The lowest BCUT2D eigenvalue weighted by molar-refractivity contribution is -0.153. The molecule has 10 heteroatoms. The van der Waals surface area contributed by atoms with Gasteiger partial charge in [-0.2, -0.15) is 5.10 Å². The van der Waals surface area contributed by atoms with Gasteiger partial charge < -0.3 is 25.2 Å². The molecule has 1 unspecified atom stereocenters.